The summed E-state index contributed by atoms with van der Waals surface area (Å²) in [7, 11) is 0. The molecule has 7 heteroatoms. The molecule has 0 saturated carbocycles. The molecule has 1 fully saturated rings. The second kappa shape index (κ2) is 6.79. The maximum atomic E-state index is 4.82. The summed E-state index contributed by atoms with van der Waals surface area (Å²) in [6, 6.07) is 0.289. The van der Waals surface area contributed by atoms with Crippen LogP contribution in [0.4, 0.5) is 5.82 Å². The van der Waals surface area contributed by atoms with E-state index in [0.717, 1.165) is 37.6 Å². The topological polar surface area (TPSA) is 59.7 Å². The minimum atomic E-state index is 0.289. The quantitative estimate of drug-likeness (QED) is 0.651. The lowest BCUT2D eigenvalue weighted by atomic mass is 9.97. The van der Waals surface area contributed by atoms with E-state index in [1.54, 1.807) is 6.33 Å². The van der Waals surface area contributed by atoms with E-state index in [1.807, 2.05) is 11.3 Å². The molecule has 0 bridgehead atoms. The predicted octanol–water partition coefficient (Wildman–Crippen LogP) is 4.23. The van der Waals surface area contributed by atoms with Crippen molar-refractivity contribution in [1.82, 2.24) is 24.7 Å². The van der Waals surface area contributed by atoms with Crippen molar-refractivity contribution in [3.05, 3.63) is 28.4 Å². The van der Waals surface area contributed by atoms with Crippen LogP contribution in [0.3, 0.4) is 0 Å². The third-order valence-electron chi connectivity index (χ3n) is 6.69. The Morgan fingerprint density at radius 2 is 1.82 bits per heavy atom. The van der Waals surface area contributed by atoms with Gasteiger partial charge in [0.1, 0.15) is 22.8 Å². The van der Waals surface area contributed by atoms with Gasteiger partial charge in [0.2, 0.25) is 0 Å². The normalized spacial score (nSPS) is 22.3. The second-order valence-electron chi connectivity index (χ2n) is 8.38. The van der Waals surface area contributed by atoms with Crippen LogP contribution in [0, 0.1) is 0 Å². The third-order valence-corrected chi connectivity index (χ3v) is 7.89. The number of thiophene rings is 1. The zero-order valence-electron chi connectivity index (χ0n) is 16.2. The Morgan fingerprint density at radius 3 is 2.82 bits per heavy atom. The van der Waals surface area contributed by atoms with Crippen molar-refractivity contribution in [2.75, 3.05) is 11.4 Å². The first kappa shape index (κ1) is 16.9. The van der Waals surface area contributed by atoms with Gasteiger partial charge in [-0.3, -0.25) is 0 Å². The molecule has 28 heavy (non-hydrogen) atoms. The van der Waals surface area contributed by atoms with Gasteiger partial charge in [0.15, 0.2) is 5.82 Å². The Morgan fingerprint density at radius 1 is 0.893 bits per heavy atom. The lowest BCUT2D eigenvalue weighted by Gasteiger charge is -2.26. The van der Waals surface area contributed by atoms with Crippen LogP contribution in [0.1, 0.15) is 73.1 Å². The molecule has 6 nitrogen and oxygen atoms in total. The van der Waals surface area contributed by atoms with Crippen LogP contribution in [0.2, 0.25) is 0 Å². The molecule has 6 rings (SSSR count). The third kappa shape index (κ3) is 2.59. The van der Waals surface area contributed by atoms with Gasteiger partial charge in [-0.05, 0) is 56.9 Å². The van der Waals surface area contributed by atoms with Crippen molar-refractivity contribution in [3.63, 3.8) is 0 Å². The monoisotopic (exact) mass is 394 g/mol. The highest BCUT2D eigenvalue weighted by Crippen LogP contribution is 2.43. The predicted molar refractivity (Wildman–Crippen MR) is 111 cm³/mol. The number of fused-ring (bicyclic) bond motifs is 4. The van der Waals surface area contributed by atoms with Crippen molar-refractivity contribution in [1.29, 1.82) is 0 Å². The van der Waals surface area contributed by atoms with Crippen molar-refractivity contribution >= 4 is 27.4 Å². The molecule has 1 aliphatic carbocycles. The Hall–Kier alpha value is -2.02. The van der Waals surface area contributed by atoms with Gasteiger partial charge in [0.05, 0.1) is 11.4 Å². The summed E-state index contributed by atoms with van der Waals surface area (Å²) < 4.78 is 2.41. The molecular formula is C21H26N6S. The first-order chi connectivity index (χ1) is 13.9. The van der Waals surface area contributed by atoms with Crippen molar-refractivity contribution in [2.45, 2.75) is 76.8 Å². The minimum Gasteiger partial charge on any atom is -0.346 e. The summed E-state index contributed by atoms with van der Waals surface area (Å²) in [5, 5.41) is 10.6. The molecule has 3 aromatic heterocycles. The molecule has 3 aliphatic rings. The molecule has 1 saturated heterocycles. The lowest BCUT2D eigenvalue weighted by Crippen LogP contribution is -2.27. The first-order valence-corrected chi connectivity index (χ1v) is 11.7. The molecular weight excluding hydrogens is 368 g/mol. The zero-order chi connectivity index (χ0) is 18.5. The second-order valence-corrected chi connectivity index (χ2v) is 9.46. The number of nitrogens with zero attached hydrogens (tertiary/aromatic N) is 6. The highest BCUT2D eigenvalue weighted by Gasteiger charge is 2.34. The Bertz CT molecular complexity index is 1020. The molecule has 3 aromatic rings. The Kier molecular flexibility index (Phi) is 4.10. The summed E-state index contributed by atoms with van der Waals surface area (Å²) in [5.74, 6) is 3.48. The highest BCUT2D eigenvalue weighted by atomic mass is 32.1. The van der Waals surface area contributed by atoms with E-state index >= 15 is 0 Å². The van der Waals surface area contributed by atoms with Crippen molar-refractivity contribution in [2.24, 2.45) is 0 Å². The number of aromatic nitrogens is 5. The van der Waals surface area contributed by atoms with E-state index in [4.69, 9.17) is 4.98 Å². The number of anilines is 1. The van der Waals surface area contributed by atoms with E-state index in [0.29, 0.717) is 0 Å². The molecule has 1 atom stereocenters. The fourth-order valence-electron chi connectivity index (χ4n) is 5.33. The van der Waals surface area contributed by atoms with Crippen molar-refractivity contribution in [3.8, 4) is 0 Å². The van der Waals surface area contributed by atoms with Gasteiger partial charge >= 0.3 is 0 Å². The van der Waals surface area contributed by atoms with Gasteiger partial charge in [-0.25, -0.2) is 9.97 Å². The smallest absolute Gasteiger partial charge is 0.155 e. The number of hydrogen-bond acceptors (Lipinski definition) is 6. The Balaban J connectivity index is 1.45. The average molecular weight is 395 g/mol. The lowest BCUT2D eigenvalue weighted by molar-refractivity contribution is 0.558. The van der Waals surface area contributed by atoms with E-state index in [1.165, 1.54) is 77.8 Å². The summed E-state index contributed by atoms with van der Waals surface area (Å²) in [6.07, 6.45) is 13.9. The molecule has 0 N–H and O–H groups in total. The van der Waals surface area contributed by atoms with E-state index < -0.39 is 0 Å². The van der Waals surface area contributed by atoms with Crippen LogP contribution in [0.15, 0.2) is 6.33 Å². The van der Waals surface area contributed by atoms with Crippen LogP contribution in [-0.4, -0.2) is 31.3 Å². The van der Waals surface area contributed by atoms with Gasteiger partial charge in [-0.2, -0.15) is 0 Å². The van der Waals surface area contributed by atoms with Gasteiger partial charge < -0.3 is 9.47 Å². The summed E-state index contributed by atoms with van der Waals surface area (Å²) in [6.45, 7) is 2.11. The molecule has 0 amide bonds. The minimum absolute atomic E-state index is 0.289. The van der Waals surface area contributed by atoms with Crippen LogP contribution in [-0.2, 0) is 25.8 Å². The standard InChI is InChI=1S/C21H26N6S/c1-2-10-17-24-25-19(27(17)11-5-1)15-8-6-12-26(15)20-18-14-7-3-4-9-16(14)28-21(18)23-13-22-20/h13,15H,1-12H2/t15-/m1/s1. The fraction of sp³-hybridized carbons (Fsp3) is 0.619. The molecule has 0 spiro atoms. The summed E-state index contributed by atoms with van der Waals surface area (Å²) >= 11 is 1.89. The van der Waals surface area contributed by atoms with E-state index in [2.05, 4.69) is 24.6 Å². The van der Waals surface area contributed by atoms with Crippen LogP contribution < -0.4 is 4.90 Å². The van der Waals surface area contributed by atoms with Crippen LogP contribution >= 0.6 is 11.3 Å². The number of rotatable bonds is 2. The average Bonchev–Trinajstić information content (AvgIpc) is 3.40. The van der Waals surface area contributed by atoms with Crippen molar-refractivity contribution < 1.29 is 0 Å². The highest BCUT2D eigenvalue weighted by molar-refractivity contribution is 7.19. The maximum Gasteiger partial charge on any atom is 0.155 e. The summed E-state index contributed by atoms with van der Waals surface area (Å²) in [5.41, 5.74) is 1.52. The van der Waals surface area contributed by atoms with Gasteiger partial charge in [0, 0.05) is 24.4 Å². The van der Waals surface area contributed by atoms with E-state index in [-0.39, 0.29) is 6.04 Å². The fourth-order valence-corrected chi connectivity index (χ4v) is 6.56. The molecule has 146 valence electrons. The molecule has 0 aromatic carbocycles. The summed E-state index contributed by atoms with van der Waals surface area (Å²) in [4.78, 5) is 14.7. The maximum absolute atomic E-state index is 4.82. The SMILES string of the molecule is c1nc(N2CCC[C@@H]2c2nnc3n2CCCCC3)c2c3c(sc2n1)CCCC3. The van der Waals surface area contributed by atoms with Gasteiger partial charge in [-0.15, -0.1) is 21.5 Å². The van der Waals surface area contributed by atoms with Crippen LogP contribution in [0.25, 0.3) is 10.2 Å². The molecule has 2 aliphatic heterocycles. The Labute approximate surface area is 169 Å². The van der Waals surface area contributed by atoms with Gasteiger partial charge in [-0.1, -0.05) is 6.42 Å². The largest absolute Gasteiger partial charge is 0.346 e. The molecule has 0 radical (unpaired) electrons. The molecule has 5 heterocycles. The van der Waals surface area contributed by atoms with E-state index in [9.17, 15) is 0 Å². The zero-order valence-corrected chi connectivity index (χ0v) is 17.0. The number of hydrogen-bond donors (Lipinski definition) is 0. The van der Waals surface area contributed by atoms with Gasteiger partial charge in [0.25, 0.3) is 0 Å². The first-order valence-electron chi connectivity index (χ1n) is 10.8. The van der Waals surface area contributed by atoms with Crippen LogP contribution in [0.5, 0.6) is 0 Å². The number of aryl methyl sites for hydroxylation is 3. The molecule has 0 unspecified atom stereocenters.